The van der Waals surface area contributed by atoms with Gasteiger partial charge in [0.2, 0.25) is 0 Å². The highest BCUT2D eigenvalue weighted by Gasteiger charge is 2.15. The van der Waals surface area contributed by atoms with Crippen molar-refractivity contribution in [2.75, 3.05) is 45.7 Å². The van der Waals surface area contributed by atoms with Gasteiger partial charge in [-0.3, -0.25) is 0 Å². The first kappa shape index (κ1) is 18.8. The first-order chi connectivity index (χ1) is 11.6. The van der Waals surface area contributed by atoms with E-state index in [2.05, 4.69) is 22.5 Å². The van der Waals surface area contributed by atoms with Gasteiger partial charge in [-0.1, -0.05) is 6.92 Å². The van der Waals surface area contributed by atoms with Gasteiger partial charge in [-0.15, -0.1) is 0 Å². The lowest BCUT2D eigenvalue weighted by atomic mass is 10.0. The molecule has 0 aromatic heterocycles. The number of anilines is 1. The zero-order valence-corrected chi connectivity index (χ0v) is 15.7. The molecule has 24 heavy (non-hydrogen) atoms. The van der Waals surface area contributed by atoms with Gasteiger partial charge in [0.15, 0.2) is 5.11 Å². The number of benzene rings is 1. The Balaban J connectivity index is 1.71. The van der Waals surface area contributed by atoms with Crippen molar-refractivity contribution in [1.82, 2.24) is 10.2 Å². The summed E-state index contributed by atoms with van der Waals surface area (Å²) >= 11 is 5.37. The van der Waals surface area contributed by atoms with Crippen molar-refractivity contribution in [3.8, 4) is 11.5 Å². The third-order valence-corrected chi connectivity index (χ3v) is 4.58. The molecule has 1 heterocycles. The molecule has 5 nitrogen and oxygen atoms in total. The van der Waals surface area contributed by atoms with Gasteiger partial charge in [0.1, 0.15) is 11.5 Å². The number of hydrogen-bond donors (Lipinski definition) is 2. The Morgan fingerprint density at radius 2 is 2.17 bits per heavy atom. The highest BCUT2D eigenvalue weighted by molar-refractivity contribution is 7.80. The highest BCUT2D eigenvalue weighted by Crippen LogP contribution is 2.28. The largest absolute Gasteiger partial charge is 0.497 e. The number of hydrogen-bond acceptors (Lipinski definition) is 4. The molecule has 0 amide bonds. The Kier molecular flexibility index (Phi) is 7.59. The predicted molar refractivity (Wildman–Crippen MR) is 103 cm³/mol. The molecule has 1 saturated heterocycles. The van der Waals surface area contributed by atoms with Crippen LogP contribution in [0.15, 0.2) is 18.2 Å². The second-order valence-corrected chi connectivity index (χ2v) is 6.76. The maximum absolute atomic E-state index is 5.37. The summed E-state index contributed by atoms with van der Waals surface area (Å²) in [6, 6.07) is 5.62. The minimum atomic E-state index is 0.616. The third kappa shape index (κ3) is 5.83. The maximum atomic E-state index is 5.37. The van der Waals surface area contributed by atoms with Crippen LogP contribution < -0.4 is 20.1 Å². The summed E-state index contributed by atoms with van der Waals surface area (Å²) in [5.41, 5.74) is 0.834. The van der Waals surface area contributed by atoms with E-state index in [9.17, 15) is 0 Å². The van der Waals surface area contributed by atoms with Crippen LogP contribution in [0.4, 0.5) is 5.69 Å². The number of nitrogens with zero attached hydrogens (tertiary/aromatic N) is 1. The highest BCUT2D eigenvalue weighted by atomic mass is 32.1. The first-order valence-corrected chi connectivity index (χ1v) is 9.02. The summed E-state index contributed by atoms with van der Waals surface area (Å²) < 4.78 is 10.6. The minimum absolute atomic E-state index is 0.616. The van der Waals surface area contributed by atoms with E-state index in [0.29, 0.717) is 10.9 Å². The van der Waals surface area contributed by atoms with Crippen molar-refractivity contribution in [1.29, 1.82) is 0 Å². The summed E-state index contributed by atoms with van der Waals surface area (Å²) in [4.78, 5) is 2.55. The van der Waals surface area contributed by atoms with E-state index in [4.69, 9.17) is 21.7 Å². The Morgan fingerprint density at radius 3 is 2.88 bits per heavy atom. The minimum Gasteiger partial charge on any atom is -0.497 e. The molecule has 0 aliphatic carbocycles. The molecule has 0 spiro atoms. The lowest BCUT2D eigenvalue weighted by molar-refractivity contribution is 0.182. The fourth-order valence-electron chi connectivity index (χ4n) is 3.06. The van der Waals surface area contributed by atoms with Crippen molar-refractivity contribution in [2.45, 2.75) is 26.2 Å². The van der Waals surface area contributed by atoms with Crippen molar-refractivity contribution in [3.05, 3.63) is 18.2 Å². The van der Waals surface area contributed by atoms with Gasteiger partial charge in [-0.2, -0.15) is 0 Å². The zero-order chi connectivity index (χ0) is 17.4. The topological polar surface area (TPSA) is 45.8 Å². The fraction of sp³-hybridized carbons (Fsp3) is 0.611. The lowest BCUT2D eigenvalue weighted by Crippen LogP contribution is -2.37. The molecule has 0 unspecified atom stereocenters. The molecule has 0 saturated carbocycles. The molecular weight excluding hydrogens is 322 g/mol. The number of nitrogens with one attached hydrogen (secondary N) is 2. The molecule has 0 radical (unpaired) electrons. The van der Waals surface area contributed by atoms with Crippen LogP contribution >= 0.6 is 12.2 Å². The van der Waals surface area contributed by atoms with E-state index in [1.165, 1.54) is 25.9 Å². The second-order valence-electron chi connectivity index (χ2n) is 6.35. The van der Waals surface area contributed by atoms with Gasteiger partial charge >= 0.3 is 0 Å². The smallest absolute Gasteiger partial charge is 0.170 e. The quantitative estimate of drug-likeness (QED) is 0.581. The van der Waals surface area contributed by atoms with E-state index in [1.54, 1.807) is 14.2 Å². The molecule has 1 aliphatic heterocycles. The summed E-state index contributed by atoms with van der Waals surface area (Å²) in [6.45, 7) is 6.80. The third-order valence-electron chi connectivity index (χ3n) is 4.33. The average molecular weight is 352 g/mol. The van der Waals surface area contributed by atoms with Crippen molar-refractivity contribution in [2.24, 2.45) is 5.92 Å². The van der Waals surface area contributed by atoms with Gasteiger partial charge < -0.3 is 25.0 Å². The van der Waals surface area contributed by atoms with Crippen LogP contribution in [0.2, 0.25) is 0 Å². The molecule has 6 heteroatoms. The number of rotatable bonds is 7. The second kappa shape index (κ2) is 9.69. The Morgan fingerprint density at radius 1 is 1.33 bits per heavy atom. The average Bonchev–Trinajstić information content (AvgIpc) is 2.59. The molecular formula is C18H29N3O2S. The van der Waals surface area contributed by atoms with Crippen LogP contribution in [-0.4, -0.2) is 50.4 Å². The van der Waals surface area contributed by atoms with Crippen molar-refractivity contribution in [3.63, 3.8) is 0 Å². The normalized spacial score (nSPS) is 18.0. The number of ether oxygens (including phenoxy) is 2. The zero-order valence-electron chi connectivity index (χ0n) is 14.9. The summed E-state index contributed by atoms with van der Waals surface area (Å²) in [6.07, 6.45) is 3.78. The summed E-state index contributed by atoms with van der Waals surface area (Å²) in [5, 5.41) is 7.07. The number of thiocarbonyl (C=S) groups is 1. The van der Waals surface area contributed by atoms with E-state index < -0.39 is 0 Å². The van der Waals surface area contributed by atoms with Crippen LogP contribution in [0.25, 0.3) is 0 Å². The molecule has 2 N–H and O–H groups in total. The van der Waals surface area contributed by atoms with Crippen molar-refractivity contribution >= 4 is 23.0 Å². The SMILES string of the molecule is COc1ccc(NC(=S)NCCCN2CCC[C@H](C)C2)c(OC)c1. The van der Waals surface area contributed by atoms with Gasteiger partial charge in [-0.25, -0.2) is 0 Å². The molecule has 1 fully saturated rings. The number of likely N-dealkylation sites (tertiary alicyclic amines) is 1. The molecule has 2 rings (SSSR count). The molecule has 1 aromatic rings. The number of methoxy groups -OCH3 is 2. The molecule has 1 aliphatic rings. The maximum Gasteiger partial charge on any atom is 0.170 e. The van der Waals surface area contributed by atoms with Crippen molar-refractivity contribution < 1.29 is 9.47 Å². The van der Waals surface area contributed by atoms with Crippen LogP contribution in [0, 0.1) is 5.92 Å². The molecule has 1 atom stereocenters. The predicted octanol–water partition coefficient (Wildman–Crippen LogP) is 3.11. The van der Waals surface area contributed by atoms with E-state index in [-0.39, 0.29) is 0 Å². The monoisotopic (exact) mass is 351 g/mol. The van der Waals surface area contributed by atoms with Crippen LogP contribution in [0.1, 0.15) is 26.2 Å². The molecule has 134 valence electrons. The molecule has 1 aromatic carbocycles. The molecule has 0 bridgehead atoms. The Hall–Kier alpha value is -1.53. The van der Waals surface area contributed by atoms with E-state index in [1.807, 2.05) is 18.2 Å². The standard InChI is InChI=1S/C18H29N3O2S/c1-14-6-4-10-21(13-14)11-5-9-19-18(24)20-16-8-7-15(22-2)12-17(16)23-3/h7-8,12,14H,4-6,9-11,13H2,1-3H3,(H2,19,20,24)/t14-/m0/s1. The van der Waals surface area contributed by atoms with Gasteiger partial charge in [0.25, 0.3) is 0 Å². The number of piperidine rings is 1. The van der Waals surface area contributed by atoms with E-state index >= 15 is 0 Å². The van der Waals surface area contributed by atoms with Gasteiger partial charge in [0.05, 0.1) is 19.9 Å². The Bertz CT molecular complexity index is 539. The summed E-state index contributed by atoms with van der Waals surface area (Å²) in [7, 11) is 3.27. The first-order valence-electron chi connectivity index (χ1n) is 8.61. The van der Waals surface area contributed by atoms with Crippen LogP contribution in [0.3, 0.4) is 0 Å². The van der Waals surface area contributed by atoms with Gasteiger partial charge in [0, 0.05) is 19.2 Å². The van der Waals surface area contributed by atoms with Crippen LogP contribution in [0.5, 0.6) is 11.5 Å². The van der Waals surface area contributed by atoms with E-state index in [0.717, 1.165) is 36.9 Å². The summed E-state index contributed by atoms with van der Waals surface area (Å²) in [5.74, 6) is 2.30. The lowest BCUT2D eigenvalue weighted by Gasteiger charge is -2.30. The van der Waals surface area contributed by atoms with Crippen LogP contribution in [-0.2, 0) is 0 Å². The fourth-order valence-corrected chi connectivity index (χ4v) is 3.27. The van der Waals surface area contributed by atoms with Gasteiger partial charge in [-0.05, 0) is 62.6 Å². The Labute approximate surface area is 150 Å².